The molecule has 1 aromatic rings. The van der Waals surface area contributed by atoms with E-state index in [0.717, 1.165) is 18.0 Å². The summed E-state index contributed by atoms with van der Waals surface area (Å²) in [5.74, 6) is 0.822. The van der Waals surface area contributed by atoms with Crippen LogP contribution in [0, 0.1) is 5.92 Å². The Morgan fingerprint density at radius 1 is 1.26 bits per heavy atom. The van der Waals surface area contributed by atoms with E-state index in [0.29, 0.717) is 12.1 Å². The van der Waals surface area contributed by atoms with Crippen LogP contribution in [0.2, 0.25) is 0 Å². The number of benzene rings is 1. The quantitative estimate of drug-likeness (QED) is 0.757. The van der Waals surface area contributed by atoms with E-state index < -0.39 is 0 Å². The Morgan fingerprint density at radius 3 is 2.79 bits per heavy atom. The molecular weight excluding hydrogens is 232 g/mol. The van der Waals surface area contributed by atoms with Crippen LogP contribution >= 0.6 is 0 Å². The molecule has 0 fully saturated rings. The summed E-state index contributed by atoms with van der Waals surface area (Å²) >= 11 is 0. The second-order valence-electron chi connectivity index (χ2n) is 6.44. The summed E-state index contributed by atoms with van der Waals surface area (Å²) in [6.07, 6.45) is 6.32. The van der Waals surface area contributed by atoms with Crippen LogP contribution < -0.4 is 11.1 Å². The Kier molecular flexibility index (Phi) is 4.87. The Bertz CT molecular complexity index is 412. The fraction of sp³-hybridized carbons (Fsp3) is 0.647. The van der Waals surface area contributed by atoms with Crippen LogP contribution in [0.4, 0.5) is 5.69 Å². The maximum atomic E-state index is 5.85. The molecule has 1 aliphatic carbocycles. The average Bonchev–Trinajstić information content (AvgIpc) is 2.71. The summed E-state index contributed by atoms with van der Waals surface area (Å²) in [4.78, 5) is 0. The van der Waals surface area contributed by atoms with E-state index in [1.54, 1.807) is 0 Å². The molecule has 2 heteroatoms. The van der Waals surface area contributed by atoms with Crippen LogP contribution in [-0.2, 0) is 6.42 Å². The highest BCUT2D eigenvalue weighted by Crippen LogP contribution is 2.32. The standard InChI is InChI=1S/C17H28N2/c1-12(2)5-4-6-13(3)19-17-10-7-14-11-15(18)8-9-16(14)17/h8-9,11-13,17,19H,4-7,10,18H2,1-3H3. The zero-order valence-electron chi connectivity index (χ0n) is 12.6. The number of anilines is 1. The molecule has 2 unspecified atom stereocenters. The van der Waals surface area contributed by atoms with Crippen molar-refractivity contribution in [1.82, 2.24) is 5.32 Å². The molecule has 2 atom stereocenters. The van der Waals surface area contributed by atoms with Gasteiger partial charge in [-0.25, -0.2) is 0 Å². The third-order valence-electron chi connectivity index (χ3n) is 4.15. The first-order valence-electron chi connectivity index (χ1n) is 7.70. The molecule has 0 saturated heterocycles. The van der Waals surface area contributed by atoms with Gasteiger partial charge in [-0.3, -0.25) is 0 Å². The summed E-state index contributed by atoms with van der Waals surface area (Å²) in [5, 5.41) is 3.79. The molecule has 2 rings (SSSR count). The molecule has 19 heavy (non-hydrogen) atoms. The van der Waals surface area contributed by atoms with E-state index in [9.17, 15) is 0 Å². The Hall–Kier alpha value is -1.02. The van der Waals surface area contributed by atoms with Gasteiger partial charge in [0.1, 0.15) is 0 Å². The summed E-state index contributed by atoms with van der Waals surface area (Å²) in [5.41, 5.74) is 9.64. The lowest BCUT2D eigenvalue weighted by Crippen LogP contribution is -2.29. The van der Waals surface area contributed by atoms with E-state index in [1.165, 1.54) is 36.8 Å². The molecule has 106 valence electrons. The minimum Gasteiger partial charge on any atom is -0.399 e. The first kappa shape index (κ1) is 14.4. The number of aryl methyl sites for hydroxylation is 1. The lowest BCUT2D eigenvalue weighted by Gasteiger charge is -2.21. The average molecular weight is 260 g/mol. The van der Waals surface area contributed by atoms with Crippen molar-refractivity contribution in [2.45, 2.75) is 65.0 Å². The van der Waals surface area contributed by atoms with Gasteiger partial charge in [-0.1, -0.05) is 32.8 Å². The summed E-state index contributed by atoms with van der Waals surface area (Å²) in [6.45, 7) is 6.92. The van der Waals surface area contributed by atoms with Gasteiger partial charge < -0.3 is 11.1 Å². The molecule has 0 spiro atoms. The molecule has 0 heterocycles. The summed E-state index contributed by atoms with van der Waals surface area (Å²) in [7, 11) is 0. The lowest BCUT2D eigenvalue weighted by atomic mass is 10.0. The topological polar surface area (TPSA) is 38.0 Å². The van der Waals surface area contributed by atoms with Crippen molar-refractivity contribution >= 4 is 5.69 Å². The van der Waals surface area contributed by atoms with E-state index >= 15 is 0 Å². The van der Waals surface area contributed by atoms with Crippen LogP contribution in [0.25, 0.3) is 0 Å². The lowest BCUT2D eigenvalue weighted by molar-refractivity contribution is 0.409. The number of nitrogen functional groups attached to an aromatic ring is 1. The van der Waals surface area contributed by atoms with Crippen molar-refractivity contribution in [2.75, 3.05) is 5.73 Å². The molecule has 0 aromatic heterocycles. The van der Waals surface area contributed by atoms with Gasteiger partial charge in [0.15, 0.2) is 0 Å². The van der Waals surface area contributed by atoms with E-state index in [2.05, 4.69) is 38.2 Å². The number of hydrogen-bond donors (Lipinski definition) is 2. The zero-order valence-corrected chi connectivity index (χ0v) is 12.6. The van der Waals surface area contributed by atoms with Gasteiger partial charge in [0, 0.05) is 17.8 Å². The molecule has 1 aromatic carbocycles. The van der Waals surface area contributed by atoms with E-state index in [1.807, 2.05) is 6.07 Å². The smallest absolute Gasteiger partial charge is 0.0328 e. The Morgan fingerprint density at radius 2 is 2.05 bits per heavy atom. The molecule has 0 amide bonds. The van der Waals surface area contributed by atoms with Gasteiger partial charge in [-0.15, -0.1) is 0 Å². The Balaban J connectivity index is 1.85. The first-order chi connectivity index (χ1) is 9.06. The van der Waals surface area contributed by atoms with Gasteiger partial charge in [-0.2, -0.15) is 0 Å². The molecule has 3 N–H and O–H groups in total. The second kappa shape index (κ2) is 6.42. The van der Waals surface area contributed by atoms with Crippen LogP contribution in [0.5, 0.6) is 0 Å². The minimum atomic E-state index is 0.532. The molecule has 0 aliphatic heterocycles. The summed E-state index contributed by atoms with van der Waals surface area (Å²) in [6, 6.07) is 7.51. The highest BCUT2D eigenvalue weighted by atomic mass is 14.9. The number of fused-ring (bicyclic) bond motifs is 1. The third kappa shape index (κ3) is 3.97. The highest BCUT2D eigenvalue weighted by molar-refractivity contribution is 5.47. The highest BCUT2D eigenvalue weighted by Gasteiger charge is 2.23. The van der Waals surface area contributed by atoms with Crippen molar-refractivity contribution in [3.8, 4) is 0 Å². The summed E-state index contributed by atoms with van der Waals surface area (Å²) < 4.78 is 0. The second-order valence-corrected chi connectivity index (χ2v) is 6.44. The number of nitrogens with two attached hydrogens (primary N) is 1. The SMILES string of the molecule is CC(C)CCCC(C)NC1CCc2cc(N)ccc21. The van der Waals surface area contributed by atoms with Crippen LogP contribution in [0.1, 0.15) is 63.6 Å². The predicted octanol–water partition coefficient (Wildman–Crippen LogP) is 4.06. The van der Waals surface area contributed by atoms with Crippen molar-refractivity contribution < 1.29 is 0 Å². The zero-order chi connectivity index (χ0) is 13.8. The van der Waals surface area contributed by atoms with Crippen molar-refractivity contribution in [3.63, 3.8) is 0 Å². The van der Waals surface area contributed by atoms with Gasteiger partial charge in [-0.05, 0) is 55.4 Å². The van der Waals surface area contributed by atoms with E-state index in [4.69, 9.17) is 5.73 Å². The molecule has 0 saturated carbocycles. The number of nitrogens with one attached hydrogen (secondary N) is 1. The maximum Gasteiger partial charge on any atom is 0.0328 e. The van der Waals surface area contributed by atoms with Crippen molar-refractivity contribution in [3.05, 3.63) is 29.3 Å². The monoisotopic (exact) mass is 260 g/mol. The van der Waals surface area contributed by atoms with Crippen LogP contribution in [0.15, 0.2) is 18.2 Å². The van der Waals surface area contributed by atoms with Crippen LogP contribution in [0.3, 0.4) is 0 Å². The van der Waals surface area contributed by atoms with Crippen LogP contribution in [-0.4, -0.2) is 6.04 Å². The molecule has 0 bridgehead atoms. The minimum absolute atomic E-state index is 0.532. The van der Waals surface area contributed by atoms with Crippen molar-refractivity contribution in [2.24, 2.45) is 5.92 Å². The van der Waals surface area contributed by atoms with Gasteiger partial charge in [0.2, 0.25) is 0 Å². The van der Waals surface area contributed by atoms with Gasteiger partial charge >= 0.3 is 0 Å². The molecule has 2 nitrogen and oxygen atoms in total. The van der Waals surface area contributed by atoms with Gasteiger partial charge in [0.25, 0.3) is 0 Å². The molecule has 0 radical (unpaired) electrons. The Labute approximate surface area is 117 Å². The largest absolute Gasteiger partial charge is 0.399 e. The van der Waals surface area contributed by atoms with Gasteiger partial charge in [0.05, 0.1) is 0 Å². The normalized spacial score (nSPS) is 19.7. The molecule has 1 aliphatic rings. The molecular formula is C17H28N2. The third-order valence-corrected chi connectivity index (χ3v) is 4.15. The maximum absolute atomic E-state index is 5.85. The first-order valence-corrected chi connectivity index (χ1v) is 7.70. The fourth-order valence-electron chi connectivity index (χ4n) is 3.07. The predicted molar refractivity (Wildman–Crippen MR) is 83.2 cm³/mol. The van der Waals surface area contributed by atoms with E-state index in [-0.39, 0.29) is 0 Å². The number of rotatable bonds is 6. The fourth-order valence-corrected chi connectivity index (χ4v) is 3.07. The number of hydrogen-bond acceptors (Lipinski definition) is 2. The van der Waals surface area contributed by atoms with Crippen molar-refractivity contribution in [1.29, 1.82) is 0 Å².